The molecular formula is C22H28ClN3O3. The first-order chi connectivity index (χ1) is 13.6. The van der Waals surface area contributed by atoms with E-state index in [4.69, 9.17) is 9.47 Å². The fourth-order valence-electron chi connectivity index (χ4n) is 3.29. The van der Waals surface area contributed by atoms with Crippen molar-refractivity contribution in [2.75, 3.05) is 20.8 Å². The number of rotatable bonds is 8. The Balaban J connectivity index is 0.00000300. The van der Waals surface area contributed by atoms with Gasteiger partial charge < -0.3 is 24.7 Å². The zero-order valence-electron chi connectivity index (χ0n) is 17.0. The van der Waals surface area contributed by atoms with Gasteiger partial charge in [0.25, 0.3) is 0 Å². The summed E-state index contributed by atoms with van der Waals surface area (Å²) in [4.78, 5) is 12.3. The maximum atomic E-state index is 12.3. The fraction of sp³-hybridized carbons (Fsp3) is 0.318. The van der Waals surface area contributed by atoms with Crippen LogP contribution in [0.3, 0.4) is 0 Å². The molecule has 2 amide bonds. The van der Waals surface area contributed by atoms with E-state index in [0.717, 1.165) is 24.3 Å². The molecule has 156 valence electrons. The van der Waals surface area contributed by atoms with Crippen molar-refractivity contribution in [3.05, 3.63) is 60.3 Å². The zero-order chi connectivity index (χ0) is 19.9. The van der Waals surface area contributed by atoms with Gasteiger partial charge in [0, 0.05) is 30.4 Å². The Morgan fingerprint density at radius 1 is 1.10 bits per heavy atom. The highest BCUT2D eigenvalue weighted by molar-refractivity contribution is 5.85. The predicted octanol–water partition coefficient (Wildman–Crippen LogP) is 4.53. The van der Waals surface area contributed by atoms with Crippen molar-refractivity contribution in [3.63, 3.8) is 0 Å². The number of aryl methyl sites for hydroxylation is 1. The van der Waals surface area contributed by atoms with E-state index in [1.165, 1.54) is 10.9 Å². The molecule has 29 heavy (non-hydrogen) atoms. The third-order valence-electron chi connectivity index (χ3n) is 4.79. The number of urea groups is 1. The maximum Gasteiger partial charge on any atom is 0.315 e. The third kappa shape index (κ3) is 5.57. The largest absolute Gasteiger partial charge is 0.497 e. The number of fused-ring (bicyclic) bond motifs is 1. The van der Waals surface area contributed by atoms with Crippen LogP contribution in [-0.4, -0.2) is 31.4 Å². The zero-order valence-corrected chi connectivity index (χ0v) is 17.8. The lowest BCUT2D eigenvalue weighted by Gasteiger charge is -2.18. The van der Waals surface area contributed by atoms with Crippen LogP contribution >= 0.6 is 12.4 Å². The summed E-state index contributed by atoms with van der Waals surface area (Å²) in [6.45, 7) is 3.37. The molecule has 0 radical (unpaired) electrons. The standard InChI is InChI=1S/C22H27N3O3.ClH/c1-16(19-15-18(27-2)9-10-21(19)28-3)24-22(26)23-12-6-13-25-14-11-17-7-4-5-8-20(17)25;/h4-5,7-11,14-16H,6,12-13H2,1-3H3,(H2,23,24,26);1H. The van der Waals surface area contributed by atoms with Crippen molar-refractivity contribution in [2.45, 2.75) is 25.9 Å². The quantitative estimate of drug-likeness (QED) is 0.529. The molecule has 0 aliphatic rings. The molecule has 1 aromatic heterocycles. The number of benzene rings is 2. The van der Waals surface area contributed by atoms with Crippen LogP contribution in [-0.2, 0) is 6.54 Å². The van der Waals surface area contributed by atoms with Crippen molar-refractivity contribution < 1.29 is 14.3 Å². The summed E-state index contributed by atoms with van der Waals surface area (Å²) in [5, 5.41) is 7.11. The highest BCUT2D eigenvalue weighted by Crippen LogP contribution is 2.29. The minimum absolute atomic E-state index is 0. The molecule has 0 saturated heterocycles. The lowest BCUT2D eigenvalue weighted by Crippen LogP contribution is -2.37. The summed E-state index contributed by atoms with van der Waals surface area (Å²) in [7, 11) is 3.23. The molecule has 2 aromatic carbocycles. The summed E-state index contributed by atoms with van der Waals surface area (Å²) in [6.07, 6.45) is 2.94. The number of hydrogen-bond donors (Lipinski definition) is 2. The van der Waals surface area contributed by atoms with E-state index in [1.54, 1.807) is 14.2 Å². The van der Waals surface area contributed by atoms with Crippen LogP contribution in [0.5, 0.6) is 11.5 Å². The highest BCUT2D eigenvalue weighted by Gasteiger charge is 2.15. The number of nitrogens with zero attached hydrogens (tertiary/aromatic N) is 1. The number of nitrogens with one attached hydrogen (secondary N) is 2. The second kappa shape index (κ2) is 10.6. The second-order valence-electron chi connectivity index (χ2n) is 6.65. The Kier molecular flexibility index (Phi) is 8.21. The van der Waals surface area contributed by atoms with Gasteiger partial charge in [-0.2, -0.15) is 0 Å². The molecule has 3 rings (SSSR count). The molecule has 1 heterocycles. The number of halogens is 1. The van der Waals surface area contributed by atoms with E-state index >= 15 is 0 Å². The number of carbonyl (C=O) groups is 1. The van der Waals surface area contributed by atoms with Gasteiger partial charge in [-0.05, 0) is 49.1 Å². The van der Waals surface area contributed by atoms with Gasteiger partial charge in [-0.3, -0.25) is 0 Å². The second-order valence-corrected chi connectivity index (χ2v) is 6.65. The van der Waals surface area contributed by atoms with E-state index < -0.39 is 0 Å². The lowest BCUT2D eigenvalue weighted by atomic mass is 10.1. The Morgan fingerprint density at radius 3 is 2.66 bits per heavy atom. The van der Waals surface area contributed by atoms with E-state index in [0.29, 0.717) is 12.3 Å². The van der Waals surface area contributed by atoms with Crippen LogP contribution in [0, 0.1) is 0 Å². The number of carbonyl (C=O) groups excluding carboxylic acids is 1. The van der Waals surface area contributed by atoms with E-state index in [2.05, 4.69) is 39.6 Å². The third-order valence-corrected chi connectivity index (χ3v) is 4.79. The summed E-state index contributed by atoms with van der Waals surface area (Å²) >= 11 is 0. The highest BCUT2D eigenvalue weighted by atomic mass is 35.5. The normalized spacial score (nSPS) is 11.4. The molecule has 6 nitrogen and oxygen atoms in total. The molecule has 0 aliphatic carbocycles. The number of para-hydroxylation sites is 1. The topological polar surface area (TPSA) is 64.5 Å². The Morgan fingerprint density at radius 2 is 1.90 bits per heavy atom. The van der Waals surface area contributed by atoms with Crippen molar-refractivity contribution in [1.82, 2.24) is 15.2 Å². The summed E-state index contributed by atoms with van der Waals surface area (Å²) in [5.41, 5.74) is 2.08. The van der Waals surface area contributed by atoms with Crippen molar-refractivity contribution in [3.8, 4) is 11.5 Å². The molecule has 1 atom stereocenters. The Bertz CT molecular complexity index is 942. The van der Waals surface area contributed by atoms with Gasteiger partial charge in [0.1, 0.15) is 11.5 Å². The number of ether oxygens (including phenoxy) is 2. The predicted molar refractivity (Wildman–Crippen MR) is 118 cm³/mol. The number of hydrogen-bond acceptors (Lipinski definition) is 3. The van der Waals surface area contributed by atoms with Gasteiger partial charge in [0.2, 0.25) is 0 Å². The van der Waals surface area contributed by atoms with E-state index in [9.17, 15) is 4.79 Å². The maximum absolute atomic E-state index is 12.3. The molecule has 0 bridgehead atoms. The van der Waals surface area contributed by atoms with Gasteiger partial charge in [-0.1, -0.05) is 18.2 Å². The first-order valence-corrected chi connectivity index (χ1v) is 9.42. The molecule has 0 spiro atoms. The van der Waals surface area contributed by atoms with Gasteiger partial charge in [0.05, 0.1) is 20.3 Å². The minimum atomic E-state index is -0.210. The molecule has 0 aliphatic heterocycles. The number of methoxy groups -OCH3 is 2. The van der Waals surface area contributed by atoms with Gasteiger partial charge >= 0.3 is 6.03 Å². The average molecular weight is 418 g/mol. The Labute approximate surface area is 177 Å². The lowest BCUT2D eigenvalue weighted by molar-refractivity contribution is 0.237. The number of aromatic nitrogens is 1. The first kappa shape index (κ1) is 22.4. The van der Waals surface area contributed by atoms with Crippen LogP contribution in [0.2, 0.25) is 0 Å². The smallest absolute Gasteiger partial charge is 0.315 e. The van der Waals surface area contributed by atoms with Crippen LogP contribution in [0.4, 0.5) is 4.79 Å². The summed E-state index contributed by atoms with van der Waals surface area (Å²) in [6, 6.07) is 15.5. The van der Waals surface area contributed by atoms with Crippen LogP contribution < -0.4 is 20.1 Å². The van der Waals surface area contributed by atoms with E-state index in [-0.39, 0.29) is 24.5 Å². The van der Waals surface area contributed by atoms with Gasteiger partial charge in [0.15, 0.2) is 0 Å². The van der Waals surface area contributed by atoms with Crippen molar-refractivity contribution in [2.24, 2.45) is 0 Å². The molecule has 1 unspecified atom stereocenters. The molecule has 3 aromatic rings. The van der Waals surface area contributed by atoms with Crippen LogP contribution in [0.25, 0.3) is 10.9 Å². The van der Waals surface area contributed by atoms with Crippen molar-refractivity contribution >= 4 is 29.3 Å². The summed E-state index contributed by atoms with van der Waals surface area (Å²) in [5.74, 6) is 1.44. The first-order valence-electron chi connectivity index (χ1n) is 9.42. The van der Waals surface area contributed by atoms with Gasteiger partial charge in [-0.15, -0.1) is 12.4 Å². The monoisotopic (exact) mass is 417 g/mol. The molecular weight excluding hydrogens is 390 g/mol. The average Bonchev–Trinajstić information content (AvgIpc) is 3.13. The fourth-order valence-corrected chi connectivity index (χ4v) is 3.29. The SMILES string of the molecule is COc1ccc(OC)c(C(C)NC(=O)NCCCn2ccc3ccccc32)c1.Cl. The van der Waals surface area contributed by atoms with Crippen LogP contribution in [0.1, 0.15) is 24.9 Å². The molecule has 7 heteroatoms. The minimum Gasteiger partial charge on any atom is -0.497 e. The number of amides is 2. The summed E-state index contributed by atoms with van der Waals surface area (Å²) < 4.78 is 12.9. The van der Waals surface area contributed by atoms with Gasteiger partial charge in [-0.25, -0.2) is 4.79 Å². The van der Waals surface area contributed by atoms with E-state index in [1.807, 2.05) is 37.3 Å². The molecule has 0 saturated carbocycles. The molecule has 0 fully saturated rings. The Hall–Kier alpha value is -2.86. The van der Waals surface area contributed by atoms with Crippen molar-refractivity contribution in [1.29, 1.82) is 0 Å². The van der Waals surface area contributed by atoms with Crippen LogP contribution in [0.15, 0.2) is 54.7 Å². The molecule has 2 N–H and O–H groups in total.